The first-order chi connectivity index (χ1) is 15.6. The molecule has 0 aliphatic carbocycles. The number of carbonyl (C=O) groups is 2. The molecule has 0 N–H and O–H groups in total. The van der Waals surface area contributed by atoms with Gasteiger partial charge in [-0.1, -0.05) is 12.1 Å². The summed E-state index contributed by atoms with van der Waals surface area (Å²) in [5.41, 5.74) is 0.827. The number of anilines is 1. The number of para-hydroxylation sites is 1. The maximum absolute atomic E-state index is 14.0. The SMILES string of the molecule is O=C(CCN(CC1CCCO1)C(=O)c1cnccn1)N1CCN(c2ccccc2F)CC1. The van der Waals surface area contributed by atoms with Crippen LogP contribution in [-0.2, 0) is 9.53 Å². The average molecular weight is 442 g/mol. The zero-order chi connectivity index (χ0) is 22.3. The van der Waals surface area contributed by atoms with E-state index in [-0.39, 0.29) is 35.9 Å². The second-order valence-corrected chi connectivity index (χ2v) is 8.05. The van der Waals surface area contributed by atoms with E-state index in [2.05, 4.69) is 9.97 Å². The highest BCUT2D eigenvalue weighted by Gasteiger charge is 2.27. The Morgan fingerprint density at radius 2 is 1.97 bits per heavy atom. The van der Waals surface area contributed by atoms with Crippen molar-refractivity contribution in [3.8, 4) is 0 Å². The number of benzene rings is 1. The highest BCUT2D eigenvalue weighted by Crippen LogP contribution is 2.20. The van der Waals surface area contributed by atoms with Crippen LogP contribution in [-0.4, -0.2) is 83.6 Å². The van der Waals surface area contributed by atoms with Crippen LogP contribution >= 0.6 is 0 Å². The third kappa shape index (κ3) is 5.40. The van der Waals surface area contributed by atoms with Crippen LogP contribution in [0.3, 0.4) is 0 Å². The van der Waals surface area contributed by atoms with Crippen molar-refractivity contribution in [1.29, 1.82) is 0 Å². The lowest BCUT2D eigenvalue weighted by Gasteiger charge is -2.36. The van der Waals surface area contributed by atoms with E-state index in [0.29, 0.717) is 51.6 Å². The first-order valence-corrected chi connectivity index (χ1v) is 11.1. The number of hydrogen-bond acceptors (Lipinski definition) is 6. The maximum Gasteiger partial charge on any atom is 0.274 e. The predicted octanol–water partition coefficient (Wildman–Crippen LogP) is 1.98. The lowest BCUT2D eigenvalue weighted by molar-refractivity contribution is -0.131. The zero-order valence-electron chi connectivity index (χ0n) is 18.0. The quantitative estimate of drug-likeness (QED) is 0.654. The number of aromatic nitrogens is 2. The molecule has 0 bridgehead atoms. The van der Waals surface area contributed by atoms with E-state index >= 15 is 0 Å². The molecule has 2 aromatic rings. The summed E-state index contributed by atoms with van der Waals surface area (Å²) in [5.74, 6) is -0.507. The molecular formula is C23H28FN5O3. The molecule has 2 aliphatic rings. The van der Waals surface area contributed by atoms with E-state index in [9.17, 15) is 14.0 Å². The van der Waals surface area contributed by atoms with Crippen molar-refractivity contribution >= 4 is 17.5 Å². The molecule has 2 saturated heterocycles. The van der Waals surface area contributed by atoms with Crippen LogP contribution in [0, 0.1) is 5.82 Å². The summed E-state index contributed by atoms with van der Waals surface area (Å²) in [7, 11) is 0. The number of hydrogen-bond donors (Lipinski definition) is 0. The van der Waals surface area contributed by atoms with Gasteiger partial charge >= 0.3 is 0 Å². The Hall–Kier alpha value is -3.07. The highest BCUT2D eigenvalue weighted by atomic mass is 19.1. The lowest BCUT2D eigenvalue weighted by Crippen LogP contribution is -2.50. The maximum atomic E-state index is 14.0. The molecule has 2 aliphatic heterocycles. The van der Waals surface area contributed by atoms with Crippen LogP contribution < -0.4 is 4.90 Å². The molecule has 8 nitrogen and oxygen atoms in total. The molecule has 3 heterocycles. The van der Waals surface area contributed by atoms with E-state index < -0.39 is 0 Å². The molecule has 2 fully saturated rings. The van der Waals surface area contributed by atoms with Gasteiger partial charge in [0, 0.05) is 64.7 Å². The molecule has 0 radical (unpaired) electrons. The number of nitrogens with zero attached hydrogens (tertiary/aromatic N) is 5. The molecular weight excluding hydrogens is 413 g/mol. The van der Waals surface area contributed by atoms with Crippen LogP contribution in [0.5, 0.6) is 0 Å². The highest BCUT2D eigenvalue weighted by molar-refractivity contribution is 5.92. The zero-order valence-corrected chi connectivity index (χ0v) is 18.0. The van der Waals surface area contributed by atoms with Gasteiger partial charge in [-0.25, -0.2) is 9.37 Å². The third-order valence-corrected chi connectivity index (χ3v) is 5.94. The monoisotopic (exact) mass is 441 g/mol. The minimum atomic E-state index is -0.250. The van der Waals surface area contributed by atoms with Crippen LogP contribution in [0.2, 0.25) is 0 Å². The van der Waals surface area contributed by atoms with Gasteiger partial charge in [-0.2, -0.15) is 0 Å². The third-order valence-electron chi connectivity index (χ3n) is 5.94. The Morgan fingerprint density at radius 3 is 2.66 bits per heavy atom. The number of rotatable bonds is 7. The van der Waals surface area contributed by atoms with Gasteiger partial charge in [0.15, 0.2) is 0 Å². The summed E-state index contributed by atoms with van der Waals surface area (Å²) in [6.45, 7) is 3.62. The number of amides is 2. The topological polar surface area (TPSA) is 78.9 Å². The van der Waals surface area contributed by atoms with Gasteiger partial charge in [0.05, 0.1) is 18.0 Å². The Morgan fingerprint density at radius 1 is 1.16 bits per heavy atom. The largest absolute Gasteiger partial charge is 0.376 e. The summed E-state index contributed by atoms with van der Waals surface area (Å²) in [4.78, 5) is 39.3. The lowest BCUT2D eigenvalue weighted by atomic mass is 10.2. The molecule has 4 rings (SSSR count). The Labute approximate surface area is 187 Å². The summed E-state index contributed by atoms with van der Waals surface area (Å²) in [6, 6.07) is 6.69. The number of carbonyl (C=O) groups excluding carboxylic acids is 2. The van der Waals surface area contributed by atoms with E-state index in [1.165, 1.54) is 24.7 Å². The first kappa shape index (κ1) is 22.1. The van der Waals surface area contributed by atoms with Gasteiger partial charge in [-0.15, -0.1) is 0 Å². The number of piperazine rings is 1. The molecule has 170 valence electrons. The fourth-order valence-electron chi connectivity index (χ4n) is 4.18. The summed E-state index contributed by atoms with van der Waals surface area (Å²) in [5, 5.41) is 0. The number of halogens is 1. The van der Waals surface area contributed by atoms with Crippen molar-refractivity contribution in [3.63, 3.8) is 0 Å². The fraction of sp³-hybridized carbons (Fsp3) is 0.478. The van der Waals surface area contributed by atoms with Crippen molar-refractivity contribution in [2.24, 2.45) is 0 Å². The van der Waals surface area contributed by atoms with Crippen molar-refractivity contribution in [2.75, 3.05) is 50.8 Å². The predicted molar refractivity (Wildman–Crippen MR) is 117 cm³/mol. The molecule has 1 aromatic heterocycles. The van der Waals surface area contributed by atoms with Crippen molar-refractivity contribution in [2.45, 2.75) is 25.4 Å². The normalized spacial score (nSPS) is 18.6. The molecule has 32 heavy (non-hydrogen) atoms. The van der Waals surface area contributed by atoms with Crippen LogP contribution in [0.15, 0.2) is 42.9 Å². The van der Waals surface area contributed by atoms with Crippen molar-refractivity contribution in [3.05, 3.63) is 54.4 Å². The van der Waals surface area contributed by atoms with Crippen molar-refractivity contribution in [1.82, 2.24) is 19.8 Å². The van der Waals surface area contributed by atoms with E-state index in [0.717, 1.165) is 12.8 Å². The molecule has 1 atom stereocenters. The van der Waals surface area contributed by atoms with Crippen LogP contribution in [0.25, 0.3) is 0 Å². The Balaban J connectivity index is 1.33. The summed E-state index contributed by atoms with van der Waals surface area (Å²) < 4.78 is 19.7. The minimum Gasteiger partial charge on any atom is -0.376 e. The molecule has 0 saturated carbocycles. The molecule has 2 amide bonds. The van der Waals surface area contributed by atoms with E-state index in [4.69, 9.17) is 4.74 Å². The molecule has 0 spiro atoms. The number of ether oxygens (including phenoxy) is 1. The fourth-order valence-corrected chi connectivity index (χ4v) is 4.18. The van der Waals surface area contributed by atoms with Gasteiger partial charge in [-0.3, -0.25) is 14.6 Å². The summed E-state index contributed by atoms with van der Waals surface area (Å²) >= 11 is 0. The van der Waals surface area contributed by atoms with Crippen molar-refractivity contribution < 1.29 is 18.7 Å². The first-order valence-electron chi connectivity index (χ1n) is 11.1. The van der Waals surface area contributed by atoms with E-state index in [1.807, 2.05) is 11.0 Å². The van der Waals surface area contributed by atoms with Gasteiger partial charge in [0.2, 0.25) is 5.91 Å². The average Bonchev–Trinajstić information content (AvgIpc) is 3.35. The second-order valence-electron chi connectivity index (χ2n) is 8.05. The smallest absolute Gasteiger partial charge is 0.274 e. The van der Waals surface area contributed by atoms with Gasteiger partial charge in [0.1, 0.15) is 11.5 Å². The summed E-state index contributed by atoms with van der Waals surface area (Å²) in [6.07, 6.45) is 6.52. The van der Waals surface area contributed by atoms with Gasteiger partial charge in [-0.05, 0) is 25.0 Å². The Kier molecular flexibility index (Phi) is 7.26. The van der Waals surface area contributed by atoms with Gasteiger partial charge < -0.3 is 19.4 Å². The second kappa shape index (κ2) is 10.5. The molecule has 1 unspecified atom stereocenters. The Bertz CT molecular complexity index is 915. The van der Waals surface area contributed by atoms with Gasteiger partial charge in [0.25, 0.3) is 5.91 Å². The standard InChI is InChI=1S/C23H28FN5O3/c24-19-5-1-2-6-21(19)27-11-13-28(14-12-27)22(30)7-10-29(17-18-4-3-15-32-18)23(31)20-16-25-8-9-26-20/h1-2,5-6,8-9,16,18H,3-4,7,10-15,17H2. The van der Waals surface area contributed by atoms with E-state index in [1.54, 1.807) is 21.9 Å². The molecule has 9 heteroatoms. The minimum absolute atomic E-state index is 0.0116. The van der Waals surface area contributed by atoms with Crippen LogP contribution in [0.4, 0.5) is 10.1 Å². The molecule has 1 aromatic carbocycles. The van der Waals surface area contributed by atoms with Crippen LogP contribution in [0.1, 0.15) is 29.8 Å².